The van der Waals surface area contributed by atoms with Gasteiger partial charge in [0.2, 0.25) is 11.8 Å². The Labute approximate surface area is 158 Å². The molecule has 0 radical (unpaired) electrons. The lowest BCUT2D eigenvalue weighted by molar-refractivity contribution is -0.128. The number of anilines is 2. The van der Waals surface area contributed by atoms with Gasteiger partial charge >= 0.3 is 0 Å². The molecule has 0 aromatic heterocycles. The van der Waals surface area contributed by atoms with Crippen LogP contribution in [0.5, 0.6) is 0 Å². The molecule has 0 bridgehead atoms. The van der Waals surface area contributed by atoms with Gasteiger partial charge in [-0.25, -0.2) is 0 Å². The third-order valence-electron chi connectivity index (χ3n) is 4.67. The number of hydrogen-bond acceptors (Lipinski definition) is 3. The van der Waals surface area contributed by atoms with Crippen LogP contribution in [-0.4, -0.2) is 35.7 Å². The van der Waals surface area contributed by atoms with Crippen molar-refractivity contribution in [2.75, 3.05) is 23.7 Å². The number of likely N-dealkylation sites (tertiary alicyclic amines) is 1. The van der Waals surface area contributed by atoms with E-state index >= 15 is 0 Å². The second kappa shape index (κ2) is 8.03. The molecule has 1 aliphatic rings. The molecule has 6 nitrogen and oxygen atoms in total. The summed E-state index contributed by atoms with van der Waals surface area (Å²) in [5.74, 6) is -0.947. The highest BCUT2D eigenvalue weighted by Gasteiger charge is 2.33. The van der Waals surface area contributed by atoms with E-state index in [0.717, 1.165) is 5.56 Å². The number of nitrogens with zero attached hydrogens (tertiary/aromatic N) is 1. The molecule has 0 aliphatic carbocycles. The first kappa shape index (κ1) is 18.6. The van der Waals surface area contributed by atoms with Gasteiger partial charge in [-0.15, -0.1) is 0 Å². The first-order chi connectivity index (χ1) is 13.0. The first-order valence-corrected chi connectivity index (χ1v) is 9.03. The van der Waals surface area contributed by atoms with Crippen molar-refractivity contribution in [3.63, 3.8) is 0 Å². The SMILES string of the molecule is CCN1CC(C(=O)Nc2ccccc2C(=O)Nc2cccc(C)c2)CC1=O. The second-order valence-electron chi connectivity index (χ2n) is 6.69. The van der Waals surface area contributed by atoms with E-state index in [1.54, 1.807) is 29.2 Å². The van der Waals surface area contributed by atoms with E-state index < -0.39 is 5.92 Å². The van der Waals surface area contributed by atoms with Crippen molar-refractivity contribution in [1.29, 1.82) is 0 Å². The Balaban J connectivity index is 1.73. The molecule has 0 spiro atoms. The summed E-state index contributed by atoms with van der Waals surface area (Å²) in [6.45, 7) is 4.85. The molecule has 1 aliphatic heterocycles. The quantitative estimate of drug-likeness (QED) is 0.855. The molecule has 1 atom stereocenters. The Kier molecular flexibility index (Phi) is 5.54. The zero-order valence-electron chi connectivity index (χ0n) is 15.5. The number of amides is 3. The van der Waals surface area contributed by atoms with Crippen LogP contribution in [0.4, 0.5) is 11.4 Å². The van der Waals surface area contributed by atoms with Crippen molar-refractivity contribution in [2.45, 2.75) is 20.3 Å². The van der Waals surface area contributed by atoms with E-state index in [1.807, 2.05) is 38.1 Å². The van der Waals surface area contributed by atoms with Gasteiger partial charge in [0.25, 0.3) is 5.91 Å². The number of aryl methyl sites for hydroxylation is 1. The van der Waals surface area contributed by atoms with Gasteiger partial charge in [0.15, 0.2) is 0 Å². The highest BCUT2D eigenvalue weighted by atomic mass is 16.2. The maximum atomic E-state index is 12.7. The molecule has 3 amide bonds. The summed E-state index contributed by atoms with van der Waals surface area (Å²) in [7, 11) is 0. The number of para-hydroxylation sites is 1. The highest BCUT2D eigenvalue weighted by molar-refractivity contribution is 6.10. The van der Waals surface area contributed by atoms with Gasteiger partial charge in [-0.1, -0.05) is 24.3 Å². The fourth-order valence-electron chi connectivity index (χ4n) is 3.20. The summed E-state index contributed by atoms with van der Waals surface area (Å²) in [5, 5.41) is 5.67. The van der Waals surface area contributed by atoms with Gasteiger partial charge in [0.05, 0.1) is 17.2 Å². The average Bonchev–Trinajstić information content (AvgIpc) is 3.03. The second-order valence-corrected chi connectivity index (χ2v) is 6.69. The lowest BCUT2D eigenvalue weighted by Gasteiger charge is -2.15. The van der Waals surface area contributed by atoms with E-state index in [9.17, 15) is 14.4 Å². The van der Waals surface area contributed by atoms with Crippen LogP contribution < -0.4 is 10.6 Å². The molecule has 2 aromatic rings. The normalized spacial score (nSPS) is 16.3. The standard InChI is InChI=1S/C21H23N3O3/c1-3-24-13-15(12-19(24)25)20(26)23-18-10-5-4-9-17(18)21(27)22-16-8-6-7-14(2)11-16/h4-11,15H,3,12-13H2,1-2H3,(H,22,27)(H,23,26). The smallest absolute Gasteiger partial charge is 0.257 e. The van der Waals surface area contributed by atoms with E-state index in [2.05, 4.69) is 10.6 Å². The molecule has 2 aromatic carbocycles. The van der Waals surface area contributed by atoms with Crippen molar-refractivity contribution in [1.82, 2.24) is 4.90 Å². The molecule has 1 fully saturated rings. The van der Waals surface area contributed by atoms with Crippen LogP contribution in [0.25, 0.3) is 0 Å². The van der Waals surface area contributed by atoms with Crippen molar-refractivity contribution in [3.05, 3.63) is 59.7 Å². The van der Waals surface area contributed by atoms with Gasteiger partial charge in [0.1, 0.15) is 0 Å². The lowest BCUT2D eigenvalue weighted by Crippen LogP contribution is -2.28. The van der Waals surface area contributed by atoms with Crippen molar-refractivity contribution in [2.24, 2.45) is 5.92 Å². The first-order valence-electron chi connectivity index (χ1n) is 9.03. The number of benzene rings is 2. The van der Waals surface area contributed by atoms with Gasteiger partial charge < -0.3 is 15.5 Å². The van der Waals surface area contributed by atoms with E-state index in [-0.39, 0.29) is 24.1 Å². The minimum atomic E-state index is -0.398. The summed E-state index contributed by atoms with van der Waals surface area (Å²) in [6, 6.07) is 14.4. The summed E-state index contributed by atoms with van der Waals surface area (Å²) >= 11 is 0. The Bertz CT molecular complexity index is 878. The molecular formula is C21H23N3O3. The summed E-state index contributed by atoms with van der Waals surface area (Å²) in [5.41, 5.74) is 2.56. The monoisotopic (exact) mass is 365 g/mol. The fourth-order valence-corrected chi connectivity index (χ4v) is 3.20. The minimum absolute atomic E-state index is 0.0110. The van der Waals surface area contributed by atoms with Gasteiger partial charge in [-0.2, -0.15) is 0 Å². The van der Waals surface area contributed by atoms with Crippen molar-refractivity contribution in [3.8, 4) is 0 Å². The fraction of sp³-hybridized carbons (Fsp3) is 0.286. The molecule has 3 rings (SSSR count). The zero-order valence-corrected chi connectivity index (χ0v) is 15.5. The summed E-state index contributed by atoms with van der Waals surface area (Å²) in [4.78, 5) is 38.8. The minimum Gasteiger partial charge on any atom is -0.342 e. The van der Waals surface area contributed by atoms with Crippen LogP contribution in [0.2, 0.25) is 0 Å². The number of hydrogen-bond donors (Lipinski definition) is 2. The molecule has 140 valence electrons. The molecule has 1 saturated heterocycles. The van der Waals surface area contributed by atoms with Gasteiger partial charge in [-0.05, 0) is 43.7 Å². The zero-order chi connectivity index (χ0) is 19.4. The maximum absolute atomic E-state index is 12.7. The van der Waals surface area contributed by atoms with Crippen LogP contribution >= 0.6 is 0 Å². The van der Waals surface area contributed by atoms with Crippen LogP contribution in [-0.2, 0) is 9.59 Å². The summed E-state index contributed by atoms with van der Waals surface area (Å²) < 4.78 is 0. The Morgan fingerprint density at radius 3 is 2.59 bits per heavy atom. The van der Waals surface area contributed by atoms with Crippen LogP contribution in [0.3, 0.4) is 0 Å². The highest BCUT2D eigenvalue weighted by Crippen LogP contribution is 2.22. The van der Waals surface area contributed by atoms with Crippen LogP contribution in [0.1, 0.15) is 29.3 Å². The predicted molar refractivity (Wildman–Crippen MR) is 105 cm³/mol. The maximum Gasteiger partial charge on any atom is 0.257 e. The van der Waals surface area contributed by atoms with Crippen molar-refractivity contribution < 1.29 is 14.4 Å². The third kappa shape index (κ3) is 4.34. The van der Waals surface area contributed by atoms with Gasteiger partial charge in [0, 0.05) is 25.2 Å². The molecule has 2 N–H and O–H groups in total. The number of carbonyl (C=O) groups is 3. The number of nitrogens with one attached hydrogen (secondary N) is 2. The molecular weight excluding hydrogens is 342 g/mol. The Hall–Kier alpha value is -3.15. The van der Waals surface area contributed by atoms with Crippen LogP contribution in [0.15, 0.2) is 48.5 Å². The van der Waals surface area contributed by atoms with E-state index in [0.29, 0.717) is 30.0 Å². The Morgan fingerprint density at radius 1 is 1.11 bits per heavy atom. The largest absolute Gasteiger partial charge is 0.342 e. The summed E-state index contributed by atoms with van der Waals surface area (Å²) in [6.07, 6.45) is 0.206. The van der Waals surface area contributed by atoms with E-state index in [1.165, 1.54) is 0 Å². The molecule has 27 heavy (non-hydrogen) atoms. The molecule has 1 heterocycles. The predicted octanol–water partition coefficient (Wildman–Crippen LogP) is 3.05. The number of rotatable bonds is 5. The van der Waals surface area contributed by atoms with E-state index in [4.69, 9.17) is 0 Å². The average molecular weight is 365 g/mol. The molecule has 0 saturated carbocycles. The number of carbonyl (C=O) groups excluding carboxylic acids is 3. The molecule has 1 unspecified atom stereocenters. The Morgan fingerprint density at radius 2 is 1.89 bits per heavy atom. The lowest BCUT2D eigenvalue weighted by atomic mass is 10.1. The third-order valence-corrected chi connectivity index (χ3v) is 4.67. The van der Waals surface area contributed by atoms with Crippen molar-refractivity contribution >= 4 is 29.1 Å². The topological polar surface area (TPSA) is 78.5 Å². The van der Waals surface area contributed by atoms with Crippen LogP contribution in [0, 0.1) is 12.8 Å². The van der Waals surface area contributed by atoms with Gasteiger partial charge in [-0.3, -0.25) is 14.4 Å². The molecule has 6 heteroatoms.